The Bertz CT molecular complexity index is 289. The van der Waals surface area contributed by atoms with Gasteiger partial charge in [-0.1, -0.05) is 37.5 Å². The van der Waals surface area contributed by atoms with Crippen LogP contribution in [0.25, 0.3) is 0 Å². The summed E-state index contributed by atoms with van der Waals surface area (Å²) in [6.45, 7) is 8.01. The first-order chi connectivity index (χ1) is 8.68. The van der Waals surface area contributed by atoms with Crippen molar-refractivity contribution in [2.75, 3.05) is 0 Å². The molecule has 0 bridgehead atoms. The fourth-order valence-corrected chi connectivity index (χ4v) is 2.85. The largest absolute Gasteiger partial charge is 0.288 e. The molecule has 0 heterocycles. The number of nitrogens with zero attached hydrogens (tertiary/aromatic N) is 1. The smallest absolute Gasteiger partial charge is 0.0641 e. The average Bonchev–Trinajstić information content (AvgIpc) is 2.34. The number of hydrogen-bond acceptors (Lipinski definition) is 1. The fourth-order valence-electron chi connectivity index (χ4n) is 2.85. The number of hydrogen-bond donors (Lipinski definition) is 0. The van der Waals surface area contributed by atoms with Crippen molar-refractivity contribution in [3.8, 4) is 0 Å². The lowest BCUT2D eigenvalue weighted by Gasteiger charge is -2.33. The van der Waals surface area contributed by atoms with Gasteiger partial charge in [-0.15, -0.1) is 6.58 Å². The SMILES string of the molecule is C=CCCCC=CCC1(N=C(C)C)CCCCC1. The predicted molar refractivity (Wildman–Crippen MR) is 82.4 cm³/mol. The van der Waals surface area contributed by atoms with E-state index in [1.165, 1.54) is 50.7 Å². The van der Waals surface area contributed by atoms with E-state index in [0.717, 1.165) is 12.8 Å². The number of unbranched alkanes of at least 4 members (excludes halogenated alkanes) is 2. The fraction of sp³-hybridized carbons (Fsp3) is 0.706. The lowest BCUT2D eigenvalue weighted by Crippen LogP contribution is -2.29. The third-order valence-corrected chi connectivity index (χ3v) is 3.69. The second-order valence-corrected chi connectivity index (χ2v) is 5.74. The van der Waals surface area contributed by atoms with Crippen molar-refractivity contribution in [2.45, 2.75) is 77.2 Å². The Kier molecular flexibility index (Phi) is 7.00. The molecule has 0 aromatic carbocycles. The Morgan fingerprint density at radius 2 is 1.83 bits per heavy atom. The van der Waals surface area contributed by atoms with Crippen LogP contribution in [0.4, 0.5) is 0 Å². The molecule has 1 nitrogen and oxygen atoms in total. The minimum atomic E-state index is 0.228. The van der Waals surface area contributed by atoms with Gasteiger partial charge in [0.2, 0.25) is 0 Å². The standard InChI is InChI=1S/C17H29N/c1-4-5-6-7-8-10-13-17(18-16(2)3)14-11-9-12-15-17/h4,8,10H,1,5-7,9,11-15H2,2-3H3. The maximum atomic E-state index is 4.95. The molecular formula is C17H29N. The molecule has 0 aromatic rings. The number of allylic oxidation sites excluding steroid dienone is 2. The van der Waals surface area contributed by atoms with Gasteiger partial charge in [-0.05, 0) is 52.4 Å². The van der Waals surface area contributed by atoms with E-state index in [4.69, 9.17) is 4.99 Å². The first kappa shape index (κ1) is 15.2. The van der Waals surface area contributed by atoms with Crippen LogP contribution >= 0.6 is 0 Å². The average molecular weight is 247 g/mol. The van der Waals surface area contributed by atoms with E-state index in [1.807, 2.05) is 6.08 Å². The third kappa shape index (κ3) is 5.66. The highest BCUT2D eigenvalue weighted by atomic mass is 14.9. The molecule has 1 rings (SSSR count). The molecule has 0 radical (unpaired) electrons. The molecule has 0 unspecified atom stereocenters. The lowest BCUT2D eigenvalue weighted by atomic mass is 9.79. The van der Waals surface area contributed by atoms with Crippen LogP contribution in [-0.4, -0.2) is 11.3 Å². The van der Waals surface area contributed by atoms with Gasteiger partial charge in [0.25, 0.3) is 0 Å². The molecule has 0 atom stereocenters. The first-order valence-electron chi connectivity index (χ1n) is 7.47. The molecule has 1 aliphatic carbocycles. The van der Waals surface area contributed by atoms with E-state index < -0.39 is 0 Å². The zero-order valence-electron chi connectivity index (χ0n) is 12.3. The van der Waals surface area contributed by atoms with Crippen LogP contribution in [0, 0.1) is 0 Å². The Balaban J connectivity index is 2.46. The number of aliphatic imine (C=N–C) groups is 1. The van der Waals surface area contributed by atoms with Gasteiger partial charge in [0, 0.05) is 5.71 Å². The van der Waals surface area contributed by atoms with Crippen LogP contribution in [0.1, 0.15) is 71.6 Å². The van der Waals surface area contributed by atoms with Gasteiger partial charge in [-0.2, -0.15) is 0 Å². The van der Waals surface area contributed by atoms with Crippen LogP contribution in [0.3, 0.4) is 0 Å². The molecule has 0 spiro atoms. The summed E-state index contributed by atoms with van der Waals surface area (Å²) in [5, 5.41) is 0. The van der Waals surface area contributed by atoms with Crippen molar-refractivity contribution < 1.29 is 0 Å². The highest BCUT2D eigenvalue weighted by Gasteiger charge is 2.29. The van der Waals surface area contributed by atoms with E-state index in [9.17, 15) is 0 Å². The Labute approximate surface area is 113 Å². The van der Waals surface area contributed by atoms with Crippen molar-refractivity contribution in [1.29, 1.82) is 0 Å². The maximum Gasteiger partial charge on any atom is 0.0641 e. The summed E-state index contributed by atoms with van der Waals surface area (Å²) in [7, 11) is 0. The van der Waals surface area contributed by atoms with E-state index in [-0.39, 0.29) is 5.54 Å². The van der Waals surface area contributed by atoms with Gasteiger partial charge < -0.3 is 0 Å². The quantitative estimate of drug-likeness (QED) is 0.321. The molecule has 0 saturated heterocycles. The predicted octanol–water partition coefficient (Wildman–Crippen LogP) is 5.47. The topological polar surface area (TPSA) is 12.4 Å². The summed E-state index contributed by atoms with van der Waals surface area (Å²) in [6, 6.07) is 0. The van der Waals surface area contributed by atoms with Gasteiger partial charge in [-0.25, -0.2) is 0 Å². The van der Waals surface area contributed by atoms with Gasteiger partial charge in [0.05, 0.1) is 5.54 Å². The molecule has 0 amide bonds. The summed E-state index contributed by atoms with van der Waals surface area (Å²) in [6.07, 6.45) is 18.0. The van der Waals surface area contributed by atoms with Crippen LogP contribution in [0.15, 0.2) is 29.8 Å². The molecule has 18 heavy (non-hydrogen) atoms. The van der Waals surface area contributed by atoms with Crippen molar-refractivity contribution in [3.63, 3.8) is 0 Å². The van der Waals surface area contributed by atoms with Gasteiger partial charge >= 0.3 is 0 Å². The number of rotatable bonds is 7. The minimum Gasteiger partial charge on any atom is -0.288 e. The zero-order valence-corrected chi connectivity index (χ0v) is 12.3. The molecule has 1 saturated carbocycles. The second-order valence-electron chi connectivity index (χ2n) is 5.74. The first-order valence-corrected chi connectivity index (χ1v) is 7.47. The van der Waals surface area contributed by atoms with Crippen molar-refractivity contribution in [3.05, 3.63) is 24.8 Å². The van der Waals surface area contributed by atoms with E-state index in [1.54, 1.807) is 0 Å². The van der Waals surface area contributed by atoms with Crippen LogP contribution in [0.5, 0.6) is 0 Å². The van der Waals surface area contributed by atoms with Crippen LogP contribution in [-0.2, 0) is 0 Å². The molecular weight excluding hydrogens is 218 g/mol. The Morgan fingerprint density at radius 1 is 1.11 bits per heavy atom. The highest BCUT2D eigenvalue weighted by Crippen LogP contribution is 2.35. The van der Waals surface area contributed by atoms with E-state index in [0.29, 0.717) is 0 Å². The van der Waals surface area contributed by atoms with Crippen molar-refractivity contribution >= 4 is 5.71 Å². The summed E-state index contributed by atoms with van der Waals surface area (Å²) in [4.78, 5) is 4.95. The van der Waals surface area contributed by atoms with E-state index in [2.05, 4.69) is 32.6 Å². The molecule has 0 N–H and O–H groups in total. The highest BCUT2D eigenvalue weighted by molar-refractivity contribution is 5.79. The maximum absolute atomic E-state index is 4.95. The monoisotopic (exact) mass is 247 g/mol. The summed E-state index contributed by atoms with van der Waals surface area (Å²) in [5.41, 5.74) is 1.46. The zero-order chi connectivity index (χ0) is 13.3. The van der Waals surface area contributed by atoms with E-state index >= 15 is 0 Å². The van der Waals surface area contributed by atoms with Gasteiger partial charge in [0.1, 0.15) is 0 Å². The van der Waals surface area contributed by atoms with Gasteiger partial charge in [-0.3, -0.25) is 4.99 Å². The van der Waals surface area contributed by atoms with Crippen LogP contribution < -0.4 is 0 Å². The minimum absolute atomic E-state index is 0.228. The summed E-state index contributed by atoms with van der Waals surface area (Å²) >= 11 is 0. The van der Waals surface area contributed by atoms with Crippen molar-refractivity contribution in [2.24, 2.45) is 4.99 Å². The Morgan fingerprint density at radius 3 is 2.44 bits per heavy atom. The molecule has 1 aliphatic rings. The molecule has 1 heteroatoms. The normalized spacial score (nSPS) is 18.8. The molecule has 0 aliphatic heterocycles. The van der Waals surface area contributed by atoms with Crippen molar-refractivity contribution in [1.82, 2.24) is 0 Å². The molecule has 1 fully saturated rings. The Hall–Kier alpha value is -0.850. The van der Waals surface area contributed by atoms with Crippen LogP contribution in [0.2, 0.25) is 0 Å². The van der Waals surface area contributed by atoms with Gasteiger partial charge in [0.15, 0.2) is 0 Å². The lowest BCUT2D eigenvalue weighted by molar-refractivity contribution is 0.301. The second kappa shape index (κ2) is 8.29. The summed E-state index contributed by atoms with van der Waals surface area (Å²) in [5.74, 6) is 0. The molecule has 102 valence electrons. The summed E-state index contributed by atoms with van der Waals surface area (Å²) < 4.78 is 0. The molecule has 0 aromatic heterocycles. The third-order valence-electron chi connectivity index (χ3n) is 3.69.